The molecule has 2 aliphatic carbocycles. The molecule has 0 amide bonds. The van der Waals surface area contributed by atoms with Crippen LogP contribution < -0.4 is 0 Å². The van der Waals surface area contributed by atoms with E-state index in [0.29, 0.717) is 0 Å². The van der Waals surface area contributed by atoms with Gasteiger partial charge in [-0.1, -0.05) is 30.4 Å². The molecule has 0 spiro atoms. The summed E-state index contributed by atoms with van der Waals surface area (Å²) >= 11 is 0. The highest BCUT2D eigenvalue weighted by molar-refractivity contribution is 5.57. The van der Waals surface area contributed by atoms with Crippen molar-refractivity contribution in [1.29, 1.82) is 0 Å². The Bertz CT molecular complexity index is 198. The van der Waals surface area contributed by atoms with Crippen molar-refractivity contribution in [1.82, 2.24) is 0 Å². The van der Waals surface area contributed by atoms with Crippen molar-refractivity contribution in [2.75, 3.05) is 0 Å². The molecule has 0 aromatic heterocycles. The second kappa shape index (κ2) is 1.22. The molecule has 0 aromatic rings. The lowest BCUT2D eigenvalue weighted by atomic mass is 10.2. The fraction of sp³-hybridized carbons (Fsp3) is 0. The van der Waals surface area contributed by atoms with Crippen LogP contribution in [0.15, 0.2) is 41.5 Å². The monoisotopic (exact) mass is 101 g/mol. The Balaban J connectivity index is 2.59. The lowest BCUT2D eigenvalue weighted by molar-refractivity contribution is 1.67. The van der Waals surface area contributed by atoms with E-state index in [9.17, 15) is 0 Å². The fourth-order valence-corrected chi connectivity index (χ4v) is 0.932. The third kappa shape index (κ3) is 0.348. The Labute approximate surface area is 48.5 Å². The SMILES string of the molecule is [C]1=C2C=CC=C2C=C1. The molecule has 0 unspecified atom stereocenters. The molecular formula is C8H5. The maximum Gasteiger partial charge on any atom is -0.00990 e. The van der Waals surface area contributed by atoms with E-state index in [2.05, 4.69) is 24.3 Å². The van der Waals surface area contributed by atoms with Gasteiger partial charge in [-0.2, -0.15) is 0 Å². The van der Waals surface area contributed by atoms with Crippen LogP contribution in [0.3, 0.4) is 0 Å². The van der Waals surface area contributed by atoms with Gasteiger partial charge in [0.15, 0.2) is 0 Å². The smallest absolute Gasteiger partial charge is 0.00990 e. The average Bonchev–Trinajstić information content (AvgIpc) is 2.15. The number of hydrogen-bond donors (Lipinski definition) is 0. The van der Waals surface area contributed by atoms with Crippen LogP contribution in [0.2, 0.25) is 0 Å². The molecule has 0 fully saturated rings. The van der Waals surface area contributed by atoms with E-state index in [1.54, 1.807) is 0 Å². The summed E-state index contributed by atoms with van der Waals surface area (Å²) in [6.07, 6.45) is 13.3. The summed E-state index contributed by atoms with van der Waals surface area (Å²) in [5.41, 5.74) is 2.52. The Morgan fingerprint density at radius 3 is 3.12 bits per heavy atom. The highest BCUT2D eigenvalue weighted by Crippen LogP contribution is 2.22. The largest absolute Gasteiger partial charge is 0.0610 e. The molecule has 0 heteroatoms. The quantitative estimate of drug-likeness (QED) is 0.436. The van der Waals surface area contributed by atoms with Crippen molar-refractivity contribution in [2.45, 2.75) is 0 Å². The van der Waals surface area contributed by atoms with Crippen LogP contribution in [0, 0.1) is 6.08 Å². The van der Waals surface area contributed by atoms with E-state index in [4.69, 9.17) is 0 Å². The van der Waals surface area contributed by atoms with E-state index in [1.807, 2.05) is 12.2 Å². The summed E-state index contributed by atoms with van der Waals surface area (Å²) in [6, 6.07) is 0. The van der Waals surface area contributed by atoms with E-state index in [-0.39, 0.29) is 0 Å². The predicted octanol–water partition coefficient (Wildman–Crippen LogP) is 1.78. The van der Waals surface area contributed by atoms with Crippen LogP contribution in [0.4, 0.5) is 0 Å². The van der Waals surface area contributed by atoms with Gasteiger partial charge in [0.05, 0.1) is 0 Å². The molecule has 37 valence electrons. The first-order valence-electron chi connectivity index (χ1n) is 2.65. The van der Waals surface area contributed by atoms with Gasteiger partial charge in [0.2, 0.25) is 0 Å². The first kappa shape index (κ1) is 3.90. The second-order valence-corrected chi connectivity index (χ2v) is 1.87. The maximum atomic E-state index is 3.10. The van der Waals surface area contributed by atoms with Gasteiger partial charge >= 0.3 is 0 Å². The molecule has 2 aliphatic rings. The maximum absolute atomic E-state index is 3.10. The normalized spacial score (nSPS) is 21.0. The molecule has 0 N–H and O–H groups in total. The van der Waals surface area contributed by atoms with Gasteiger partial charge in [-0.05, 0) is 17.2 Å². The minimum atomic E-state index is 1.23. The van der Waals surface area contributed by atoms with E-state index < -0.39 is 0 Å². The summed E-state index contributed by atoms with van der Waals surface area (Å²) in [5.74, 6) is 0. The van der Waals surface area contributed by atoms with Gasteiger partial charge < -0.3 is 0 Å². The summed E-state index contributed by atoms with van der Waals surface area (Å²) in [6.45, 7) is 0. The second-order valence-electron chi connectivity index (χ2n) is 1.87. The molecule has 0 nitrogen and oxygen atoms in total. The van der Waals surface area contributed by atoms with Gasteiger partial charge in [-0.3, -0.25) is 0 Å². The molecule has 0 heterocycles. The molecule has 0 saturated carbocycles. The zero-order valence-corrected chi connectivity index (χ0v) is 4.39. The van der Waals surface area contributed by atoms with Crippen molar-refractivity contribution in [3.8, 4) is 0 Å². The van der Waals surface area contributed by atoms with Crippen LogP contribution in [-0.2, 0) is 0 Å². The third-order valence-electron chi connectivity index (χ3n) is 1.35. The number of rotatable bonds is 0. The average molecular weight is 101 g/mol. The third-order valence-corrected chi connectivity index (χ3v) is 1.35. The summed E-state index contributed by atoms with van der Waals surface area (Å²) in [4.78, 5) is 0. The minimum absolute atomic E-state index is 1.23. The van der Waals surface area contributed by atoms with Crippen LogP contribution in [0.25, 0.3) is 0 Å². The first-order valence-corrected chi connectivity index (χ1v) is 2.65. The molecule has 1 radical (unpaired) electrons. The Kier molecular flexibility index (Phi) is 0.595. The van der Waals surface area contributed by atoms with Crippen LogP contribution in [0.1, 0.15) is 0 Å². The molecule has 0 atom stereocenters. The molecule has 0 aromatic carbocycles. The highest BCUT2D eigenvalue weighted by Gasteiger charge is 2.04. The summed E-state index contributed by atoms with van der Waals surface area (Å²) < 4.78 is 0. The van der Waals surface area contributed by atoms with E-state index in [0.717, 1.165) is 0 Å². The standard InChI is InChI=1S/C8H5/c1-3-7-5-2-6-8(7)4-1/h1-5H. The van der Waals surface area contributed by atoms with Gasteiger partial charge in [0, 0.05) is 0 Å². The summed E-state index contributed by atoms with van der Waals surface area (Å²) in [7, 11) is 0. The van der Waals surface area contributed by atoms with Crippen molar-refractivity contribution < 1.29 is 0 Å². The van der Waals surface area contributed by atoms with Gasteiger partial charge in [0.25, 0.3) is 0 Å². The topological polar surface area (TPSA) is 0 Å². The minimum Gasteiger partial charge on any atom is -0.0610 e. The van der Waals surface area contributed by atoms with Gasteiger partial charge in [0.1, 0.15) is 0 Å². The molecular weight excluding hydrogens is 96.1 g/mol. The number of allylic oxidation sites excluding steroid dienone is 8. The Morgan fingerprint density at radius 2 is 2.25 bits per heavy atom. The van der Waals surface area contributed by atoms with Crippen molar-refractivity contribution in [3.63, 3.8) is 0 Å². The lowest BCUT2D eigenvalue weighted by Crippen LogP contribution is -1.67. The van der Waals surface area contributed by atoms with Gasteiger partial charge in [-0.15, -0.1) is 0 Å². The molecule has 0 saturated heterocycles. The van der Waals surface area contributed by atoms with Crippen LogP contribution in [-0.4, -0.2) is 0 Å². The van der Waals surface area contributed by atoms with Crippen LogP contribution >= 0.6 is 0 Å². The van der Waals surface area contributed by atoms with E-state index >= 15 is 0 Å². The van der Waals surface area contributed by atoms with Gasteiger partial charge in [-0.25, -0.2) is 0 Å². The van der Waals surface area contributed by atoms with Crippen molar-refractivity contribution >= 4 is 0 Å². The lowest BCUT2D eigenvalue weighted by Gasteiger charge is -1.85. The molecule has 2 rings (SSSR count). The highest BCUT2D eigenvalue weighted by atomic mass is 14.1. The van der Waals surface area contributed by atoms with Crippen molar-refractivity contribution in [2.24, 2.45) is 0 Å². The molecule has 0 aliphatic heterocycles. The zero-order valence-electron chi connectivity index (χ0n) is 4.39. The fourth-order valence-electron chi connectivity index (χ4n) is 0.932. The predicted molar refractivity (Wildman–Crippen MR) is 33.1 cm³/mol. The number of fused-ring (bicyclic) bond motifs is 1. The zero-order chi connectivity index (χ0) is 5.40. The van der Waals surface area contributed by atoms with Crippen LogP contribution in [0.5, 0.6) is 0 Å². The Hall–Kier alpha value is -1.04. The Morgan fingerprint density at radius 1 is 1.25 bits per heavy atom. The first-order chi connectivity index (χ1) is 3.97. The van der Waals surface area contributed by atoms with E-state index in [1.165, 1.54) is 11.1 Å². The molecule has 8 heavy (non-hydrogen) atoms. The summed E-state index contributed by atoms with van der Waals surface area (Å²) in [5, 5.41) is 0. The van der Waals surface area contributed by atoms with Crippen molar-refractivity contribution in [3.05, 3.63) is 47.6 Å². The molecule has 0 bridgehead atoms. The number of hydrogen-bond acceptors (Lipinski definition) is 0.